The normalized spacial score (nSPS) is 12.0. The number of hydrogen-bond donors (Lipinski definition) is 1. The molecule has 0 saturated carbocycles. The number of aryl methyl sites for hydroxylation is 1. The summed E-state index contributed by atoms with van der Waals surface area (Å²) in [6.07, 6.45) is 0.143. The van der Waals surface area contributed by atoms with E-state index >= 15 is 0 Å². The van der Waals surface area contributed by atoms with Crippen LogP contribution in [0.5, 0.6) is 0 Å². The highest BCUT2D eigenvalue weighted by atomic mass is 35.5. The van der Waals surface area contributed by atoms with Crippen LogP contribution in [-0.4, -0.2) is 29.3 Å². The standard InChI is InChI=1S/C23H28Cl2N2O2/c1-15(2)13-26-23(29)17(4)27(14-19-7-5-6-16(3)10-19)22(28)12-18-8-9-20(24)21(25)11-18/h5-11,15,17H,12-14H2,1-4H3,(H,26,29)/t17-/m0/s1. The number of amides is 2. The molecule has 0 unspecified atom stereocenters. The summed E-state index contributed by atoms with van der Waals surface area (Å²) in [5, 5.41) is 3.78. The largest absolute Gasteiger partial charge is 0.354 e. The van der Waals surface area contributed by atoms with Gasteiger partial charge in [-0.3, -0.25) is 9.59 Å². The van der Waals surface area contributed by atoms with E-state index in [9.17, 15) is 9.59 Å². The molecule has 6 heteroatoms. The fraction of sp³-hybridized carbons (Fsp3) is 0.391. The van der Waals surface area contributed by atoms with E-state index in [1.165, 1.54) is 0 Å². The summed E-state index contributed by atoms with van der Waals surface area (Å²) < 4.78 is 0. The van der Waals surface area contributed by atoms with Gasteiger partial charge in [-0.05, 0) is 43.0 Å². The van der Waals surface area contributed by atoms with Crippen molar-refractivity contribution in [3.8, 4) is 0 Å². The van der Waals surface area contributed by atoms with Gasteiger partial charge in [0.15, 0.2) is 0 Å². The lowest BCUT2D eigenvalue weighted by Crippen LogP contribution is -2.48. The average Bonchev–Trinajstić information content (AvgIpc) is 2.66. The number of nitrogens with zero attached hydrogens (tertiary/aromatic N) is 1. The molecule has 0 fully saturated rings. The molecule has 29 heavy (non-hydrogen) atoms. The first-order valence-electron chi connectivity index (χ1n) is 9.74. The number of hydrogen-bond acceptors (Lipinski definition) is 2. The maximum absolute atomic E-state index is 13.2. The Balaban J connectivity index is 2.23. The topological polar surface area (TPSA) is 49.4 Å². The van der Waals surface area contributed by atoms with Crippen molar-refractivity contribution in [2.45, 2.75) is 46.7 Å². The van der Waals surface area contributed by atoms with Crippen LogP contribution in [0.1, 0.15) is 37.5 Å². The van der Waals surface area contributed by atoms with Gasteiger partial charge in [0.05, 0.1) is 16.5 Å². The fourth-order valence-corrected chi connectivity index (χ4v) is 3.29. The molecule has 0 saturated heterocycles. The highest BCUT2D eigenvalue weighted by molar-refractivity contribution is 6.42. The zero-order valence-electron chi connectivity index (χ0n) is 17.3. The highest BCUT2D eigenvalue weighted by Gasteiger charge is 2.26. The van der Waals surface area contributed by atoms with Crippen molar-refractivity contribution in [2.24, 2.45) is 5.92 Å². The quantitative estimate of drug-likeness (QED) is 0.632. The Morgan fingerprint density at radius 2 is 1.72 bits per heavy atom. The van der Waals surface area contributed by atoms with Crippen LogP contribution in [0.4, 0.5) is 0 Å². The van der Waals surface area contributed by atoms with Gasteiger partial charge in [0, 0.05) is 13.1 Å². The van der Waals surface area contributed by atoms with Crippen LogP contribution in [0.15, 0.2) is 42.5 Å². The van der Waals surface area contributed by atoms with Crippen LogP contribution in [0.25, 0.3) is 0 Å². The monoisotopic (exact) mass is 434 g/mol. The lowest BCUT2D eigenvalue weighted by atomic mass is 10.1. The van der Waals surface area contributed by atoms with Crippen molar-refractivity contribution in [1.29, 1.82) is 0 Å². The summed E-state index contributed by atoms with van der Waals surface area (Å²) in [5.41, 5.74) is 2.85. The summed E-state index contributed by atoms with van der Waals surface area (Å²) in [6, 6.07) is 12.5. The van der Waals surface area contributed by atoms with E-state index < -0.39 is 6.04 Å². The van der Waals surface area contributed by atoms with Crippen molar-refractivity contribution in [2.75, 3.05) is 6.54 Å². The minimum Gasteiger partial charge on any atom is -0.354 e. The Labute approximate surface area is 183 Å². The van der Waals surface area contributed by atoms with E-state index in [2.05, 4.69) is 5.32 Å². The van der Waals surface area contributed by atoms with Gasteiger partial charge in [-0.1, -0.05) is 72.9 Å². The molecule has 0 radical (unpaired) electrons. The van der Waals surface area contributed by atoms with E-state index in [0.29, 0.717) is 29.1 Å². The summed E-state index contributed by atoms with van der Waals surface area (Å²) in [4.78, 5) is 27.4. The Hall–Kier alpha value is -2.04. The second-order valence-corrected chi connectivity index (χ2v) is 8.57. The van der Waals surface area contributed by atoms with Crippen molar-refractivity contribution in [1.82, 2.24) is 10.2 Å². The molecule has 0 aliphatic carbocycles. The molecule has 2 amide bonds. The smallest absolute Gasteiger partial charge is 0.242 e. The van der Waals surface area contributed by atoms with Gasteiger partial charge < -0.3 is 10.2 Å². The SMILES string of the molecule is Cc1cccc(CN(C(=O)Cc2ccc(Cl)c(Cl)c2)[C@@H](C)C(=O)NCC(C)C)c1. The van der Waals surface area contributed by atoms with E-state index in [1.54, 1.807) is 30.0 Å². The predicted octanol–water partition coefficient (Wildman–Crippen LogP) is 5.03. The van der Waals surface area contributed by atoms with Gasteiger partial charge in [-0.25, -0.2) is 0 Å². The molecule has 156 valence electrons. The molecule has 0 bridgehead atoms. The van der Waals surface area contributed by atoms with Crippen molar-refractivity contribution in [3.05, 3.63) is 69.2 Å². The van der Waals surface area contributed by atoms with Crippen LogP contribution in [0, 0.1) is 12.8 Å². The van der Waals surface area contributed by atoms with Crippen LogP contribution in [-0.2, 0) is 22.6 Å². The van der Waals surface area contributed by atoms with Gasteiger partial charge in [-0.15, -0.1) is 0 Å². The first kappa shape index (κ1) is 23.2. The van der Waals surface area contributed by atoms with Gasteiger partial charge in [-0.2, -0.15) is 0 Å². The zero-order chi connectivity index (χ0) is 21.6. The third kappa shape index (κ3) is 7.06. The molecule has 4 nitrogen and oxygen atoms in total. The second kappa shape index (κ2) is 10.7. The Bertz CT molecular complexity index is 868. The van der Waals surface area contributed by atoms with E-state index in [-0.39, 0.29) is 18.2 Å². The van der Waals surface area contributed by atoms with E-state index in [1.807, 2.05) is 45.0 Å². The zero-order valence-corrected chi connectivity index (χ0v) is 18.8. The van der Waals surface area contributed by atoms with Gasteiger partial charge >= 0.3 is 0 Å². The van der Waals surface area contributed by atoms with Crippen LogP contribution >= 0.6 is 23.2 Å². The number of carbonyl (C=O) groups excluding carboxylic acids is 2. The average molecular weight is 435 g/mol. The fourth-order valence-electron chi connectivity index (χ4n) is 2.97. The number of carbonyl (C=O) groups is 2. The summed E-state index contributed by atoms with van der Waals surface area (Å²) in [7, 11) is 0. The Morgan fingerprint density at radius 3 is 2.34 bits per heavy atom. The van der Waals surface area contributed by atoms with Crippen LogP contribution in [0.2, 0.25) is 10.0 Å². The molecule has 0 spiro atoms. The highest BCUT2D eigenvalue weighted by Crippen LogP contribution is 2.23. The maximum atomic E-state index is 13.2. The molecule has 2 aromatic rings. The number of rotatable bonds is 8. The van der Waals surface area contributed by atoms with Crippen molar-refractivity contribution >= 4 is 35.0 Å². The molecule has 0 heterocycles. The number of benzene rings is 2. The Kier molecular flexibility index (Phi) is 8.54. The molecule has 2 aromatic carbocycles. The third-order valence-corrected chi connectivity index (χ3v) is 5.37. The van der Waals surface area contributed by atoms with Crippen molar-refractivity contribution in [3.63, 3.8) is 0 Å². The van der Waals surface area contributed by atoms with Gasteiger partial charge in [0.25, 0.3) is 0 Å². The molecular weight excluding hydrogens is 407 g/mol. The summed E-state index contributed by atoms with van der Waals surface area (Å²) in [6.45, 7) is 8.76. The lowest BCUT2D eigenvalue weighted by Gasteiger charge is -2.29. The molecular formula is C23H28Cl2N2O2. The van der Waals surface area contributed by atoms with Crippen LogP contribution < -0.4 is 5.32 Å². The molecule has 0 aromatic heterocycles. The predicted molar refractivity (Wildman–Crippen MR) is 119 cm³/mol. The second-order valence-electron chi connectivity index (χ2n) is 7.75. The molecule has 2 rings (SSSR count). The first-order chi connectivity index (χ1) is 13.7. The number of nitrogens with one attached hydrogen (secondary N) is 1. The van der Waals surface area contributed by atoms with Gasteiger partial charge in [0.1, 0.15) is 6.04 Å². The maximum Gasteiger partial charge on any atom is 0.242 e. The van der Waals surface area contributed by atoms with E-state index in [4.69, 9.17) is 23.2 Å². The third-order valence-electron chi connectivity index (χ3n) is 4.63. The van der Waals surface area contributed by atoms with Crippen LogP contribution in [0.3, 0.4) is 0 Å². The molecule has 1 atom stereocenters. The van der Waals surface area contributed by atoms with E-state index in [0.717, 1.165) is 16.7 Å². The minimum absolute atomic E-state index is 0.142. The molecule has 0 aliphatic rings. The summed E-state index contributed by atoms with van der Waals surface area (Å²) >= 11 is 12.1. The lowest BCUT2D eigenvalue weighted by molar-refractivity contribution is -0.140. The van der Waals surface area contributed by atoms with Gasteiger partial charge in [0.2, 0.25) is 11.8 Å². The first-order valence-corrected chi connectivity index (χ1v) is 10.5. The van der Waals surface area contributed by atoms with Crippen molar-refractivity contribution < 1.29 is 9.59 Å². The summed E-state index contributed by atoms with van der Waals surface area (Å²) in [5.74, 6) is 0.0363. The molecule has 1 N–H and O–H groups in total. The molecule has 0 aliphatic heterocycles. The minimum atomic E-state index is -0.593. The number of halogens is 2. The Morgan fingerprint density at radius 1 is 1.00 bits per heavy atom.